The van der Waals surface area contributed by atoms with Gasteiger partial charge in [0, 0.05) is 13.0 Å². The van der Waals surface area contributed by atoms with Crippen LogP contribution < -0.4 is 10.6 Å². The molecule has 2 unspecified atom stereocenters. The van der Waals surface area contributed by atoms with Gasteiger partial charge in [-0.25, -0.2) is 0 Å². The Morgan fingerprint density at radius 2 is 2.22 bits per heavy atom. The summed E-state index contributed by atoms with van der Waals surface area (Å²) in [6.45, 7) is 2.21. The van der Waals surface area contributed by atoms with E-state index in [1.54, 1.807) is 0 Å². The molecule has 0 saturated carbocycles. The first-order chi connectivity index (χ1) is 8.75. The standard InChI is InChI=1S/C14H20N2O2/c17-13(12-4-2-1-3-5-12)10-16-14(18)8-11-6-7-15-9-11/h1-5,11,13,15,17H,6-10H2,(H,16,18). The van der Waals surface area contributed by atoms with Gasteiger partial charge >= 0.3 is 0 Å². The number of rotatable bonds is 5. The number of nitrogens with one attached hydrogen (secondary N) is 2. The third kappa shape index (κ3) is 3.82. The molecule has 2 atom stereocenters. The van der Waals surface area contributed by atoms with Gasteiger partial charge in [-0.1, -0.05) is 30.3 Å². The Hall–Kier alpha value is -1.39. The second-order valence-electron chi connectivity index (χ2n) is 4.79. The van der Waals surface area contributed by atoms with Crippen LogP contribution in [0.3, 0.4) is 0 Å². The van der Waals surface area contributed by atoms with E-state index in [0.29, 0.717) is 12.3 Å². The minimum atomic E-state index is -0.628. The maximum atomic E-state index is 11.7. The molecule has 0 aromatic heterocycles. The van der Waals surface area contributed by atoms with Crippen molar-refractivity contribution in [2.24, 2.45) is 5.92 Å². The first-order valence-electron chi connectivity index (χ1n) is 6.46. The van der Waals surface area contributed by atoms with Crippen molar-refractivity contribution in [1.82, 2.24) is 10.6 Å². The minimum Gasteiger partial charge on any atom is -0.387 e. The Labute approximate surface area is 107 Å². The minimum absolute atomic E-state index is 0.0266. The summed E-state index contributed by atoms with van der Waals surface area (Å²) < 4.78 is 0. The van der Waals surface area contributed by atoms with Gasteiger partial charge in [0.05, 0.1) is 6.10 Å². The average molecular weight is 248 g/mol. The van der Waals surface area contributed by atoms with E-state index in [2.05, 4.69) is 10.6 Å². The van der Waals surface area contributed by atoms with E-state index in [1.807, 2.05) is 30.3 Å². The predicted octanol–water partition coefficient (Wildman–Crippen LogP) is 0.836. The highest BCUT2D eigenvalue weighted by Crippen LogP contribution is 2.13. The fraction of sp³-hybridized carbons (Fsp3) is 0.500. The third-order valence-corrected chi connectivity index (χ3v) is 3.31. The Morgan fingerprint density at radius 3 is 2.89 bits per heavy atom. The quantitative estimate of drug-likeness (QED) is 0.723. The van der Waals surface area contributed by atoms with Crippen LogP contribution in [0.25, 0.3) is 0 Å². The molecule has 18 heavy (non-hydrogen) atoms. The summed E-state index contributed by atoms with van der Waals surface area (Å²) in [6.07, 6.45) is 0.986. The van der Waals surface area contributed by atoms with Crippen molar-refractivity contribution in [1.29, 1.82) is 0 Å². The molecule has 0 aliphatic carbocycles. The monoisotopic (exact) mass is 248 g/mol. The number of aliphatic hydroxyl groups is 1. The molecule has 0 bridgehead atoms. The predicted molar refractivity (Wildman–Crippen MR) is 70.0 cm³/mol. The normalized spacial score (nSPS) is 20.6. The second-order valence-corrected chi connectivity index (χ2v) is 4.79. The third-order valence-electron chi connectivity index (χ3n) is 3.31. The number of carbonyl (C=O) groups is 1. The van der Waals surface area contributed by atoms with Crippen molar-refractivity contribution in [3.63, 3.8) is 0 Å². The molecule has 1 saturated heterocycles. The number of benzene rings is 1. The molecule has 1 amide bonds. The highest BCUT2D eigenvalue weighted by Gasteiger charge is 2.18. The van der Waals surface area contributed by atoms with Crippen LogP contribution in [-0.2, 0) is 4.79 Å². The number of hydrogen-bond acceptors (Lipinski definition) is 3. The fourth-order valence-corrected chi connectivity index (χ4v) is 2.23. The van der Waals surface area contributed by atoms with Crippen molar-refractivity contribution < 1.29 is 9.90 Å². The van der Waals surface area contributed by atoms with E-state index >= 15 is 0 Å². The number of hydrogen-bond donors (Lipinski definition) is 3. The van der Waals surface area contributed by atoms with Crippen molar-refractivity contribution in [2.75, 3.05) is 19.6 Å². The van der Waals surface area contributed by atoms with Crippen molar-refractivity contribution in [3.05, 3.63) is 35.9 Å². The largest absolute Gasteiger partial charge is 0.387 e. The zero-order valence-electron chi connectivity index (χ0n) is 10.4. The molecule has 3 N–H and O–H groups in total. The molecule has 1 aliphatic heterocycles. The van der Waals surface area contributed by atoms with Gasteiger partial charge in [0.2, 0.25) is 5.91 Å². The molecule has 0 spiro atoms. The summed E-state index contributed by atoms with van der Waals surface area (Å²) >= 11 is 0. The van der Waals surface area contributed by atoms with Crippen LogP contribution in [0.15, 0.2) is 30.3 Å². The molecule has 1 aromatic rings. The Balaban J connectivity index is 1.72. The van der Waals surface area contributed by atoms with Crippen LogP contribution in [0.5, 0.6) is 0 Å². The van der Waals surface area contributed by atoms with Crippen LogP contribution in [0.4, 0.5) is 0 Å². The first kappa shape index (κ1) is 13.1. The molecule has 1 heterocycles. The summed E-state index contributed by atoms with van der Waals surface area (Å²) in [5.74, 6) is 0.470. The van der Waals surface area contributed by atoms with E-state index in [-0.39, 0.29) is 12.5 Å². The van der Waals surface area contributed by atoms with Crippen molar-refractivity contribution in [2.45, 2.75) is 18.9 Å². The van der Waals surface area contributed by atoms with E-state index in [1.165, 1.54) is 0 Å². The molecular weight excluding hydrogens is 228 g/mol. The van der Waals surface area contributed by atoms with E-state index < -0.39 is 6.10 Å². The summed E-state index contributed by atoms with van der Waals surface area (Å²) in [6, 6.07) is 9.38. The van der Waals surface area contributed by atoms with E-state index in [0.717, 1.165) is 25.1 Å². The highest BCUT2D eigenvalue weighted by molar-refractivity contribution is 5.76. The smallest absolute Gasteiger partial charge is 0.220 e. The highest BCUT2D eigenvalue weighted by atomic mass is 16.3. The topological polar surface area (TPSA) is 61.4 Å². The first-order valence-corrected chi connectivity index (χ1v) is 6.46. The summed E-state index contributed by atoms with van der Waals surface area (Å²) in [5, 5.41) is 15.9. The Morgan fingerprint density at radius 1 is 1.44 bits per heavy atom. The lowest BCUT2D eigenvalue weighted by atomic mass is 10.0. The lowest BCUT2D eigenvalue weighted by molar-refractivity contribution is -0.122. The van der Waals surface area contributed by atoms with Crippen LogP contribution >= 0.6 is 0 Å². The van der Waals surface area contributed by atoms with Gasteiger partial charge in [-0.15, -0.1) is 0 Å². The van der Waals surface area contributed by atoms with Gasteiger partial charge in [0.25, 0.3) is 0 Å². The maximum absolute atomic E-state index is 11.7. The lowest BCUT2D eigenvalue weighted by Gasteiger charge is -2.13. The van der Waals surface area contributed by atoms with Crippen LogP contribution in [0, 0.1) is 5.92 Å². The molecule has 4 heteroatoms. The van der Waals surface area contributed by atoms with E-state index in [4.69, 9.17) is 0 Å². The molecular formula is C14H20N2O2. The van der Waals surface area contributed by atoms with Gasteiger partial charge in [0.15, 0.2) is 0 Å². The molecule has 98 valence electrons. The van der Waals surface area contributed by atoms with Crippen LogP contribution in [0.2, 0.25) is 0 Å². The summed E-state index contributed by atoms with van der Waals surface area (Å²) in [5.41, 5.74) is 0.834. The van der Waals surface area contributed by atoms with Crippen molar-refractivity contribution >= 4 is 5.91 Å². The zero-order chi connectivity index (χ0) is 12.8. The number of aliphatic hydroxyl groups excluding tert-OH is 1. The SMILES string of the molecule is O=C(CC1CCNC1)NCC(O)c1ccccc1. The van der Waals surface area contributed by atoms with Crippen molar-refractivity contribution in [3.8, 4) is 0 Å². The fourth-order valence-electron chi connectivity index (χ4n) is 2.23. The molecule has 1 aliphatic rings. The lowest BCUT2D eigenvalue weighted by Crippen LogP contribution is -2.30. The van der Waals surface area contributed by atoms with Gasteiger partial charge in [-0.3, -0.25) is 4.79 Å². The second kappa shape index (κ2) is 6.52. The number of amides is 1. The van der Waals surface area contributed by atoms with E-state index in [9.17, 15) is 9.90 Å². The molecule has 0 radical (unpaired) electrons. The van der Waals surface area contributed by atoms with Gasteiger partial charge in [-0.05, 0) is 31.0 Å². The Kier molecular flexibility index (Phi) is 4.73. The van der Waals surface area contributed by atoms with Crippen LogP contribution in [-0.4, -0.2) is 30.6 Å². The maximum Gasteiger partial charge on any atom is 0.220 e. The Bertz CT molecular complexity index is 375. The number of carbonyl (C=O) groups excluding carboxylic acids is 1. The van der Waals surface area contributed by atoms with Gasteiger partial charge in [0.1, 0.15) is 0 Å². The molecule has 1 aromatic carbocycles. The zero-order valence-corrected chi connectivity index (χ0v) is 10.4. The van der Waals surface area contributed by atoms with Gasteiger partial charge in [-0.2, -0.15) is 0 Å². The molecule has 4 nitrogen and oxygen atoms in total. The molecule has 1 fully saturated rings. The van der Waals surface area contributed by atoms with Gasteiger partial charge < -0.3 is 15.7 Å². The summed E-state index contributed by atoms with van der Waals surface area (Å²) in [4.78, 5) is 11.7. The average Bonchev–Trinajstić information content (AvgIpc) is 2.90. The summed E-state index contributed by atoms with van der Waals surface area (Å²) in [7, 11) is 0. The molecule has 2 rings (SSSR count). The van der Waals surface area contributed by atoms with Crippen LogP contribution in [0.1, 0.15) is 24.5 Å².